The number of aliphatic hydroxyl groups excluding tert-OH is 1. The predicted octanol–water partition coefficient (Wildman–Crippen LogP) is 2.93. The average molecular weight is 263 g/mol. The Kier molecular flexibility index (Phi) is 5.55. The molecule has 1 rings (SSSR count). The maximum absolute atomic E-state index is 11.1. The minimum absolute atomic E-state index is 0.0234. The highest BCUT2D eigenvalue weighted by molar-refractivity contribution is 5.75. The van der Waals surface area contributed by atoms with E-state index in [2.05, 4.69) is 38.2 Å². The van der Waals surface area contributed by atoms with Gasteiger partial charge in [-0.05, 0) is 29.4 Å². The lowest BCUT2D eigenvalue weighted by atomic mass is 9.86. The molecule has 0 bridgehead atoms. The average Bonchev–Trinajstić information content (AvgIpc) is 2.37. The van der Waals surface area contributed by atoms with E-state index in [0.29, 0.717) is 19.3 Å². The quantitative estimate of drug-likeness (QED) is 0.858. The van der Waals surface area contributed by atoms with Crippen LogP contribution in [0, 0.1) is 0 Å². The number of carbonyl (C=O) groups is 1. The number of carbonyl (C=O) groups excluding carboxylic acids is 1. The number of nitrogens with one attached hydrogen (secondary N) is 1. The molecule has 0 aliphatic rings. The molecule has 106 valence electrons. The molecule has 0 aliphatic carbocycles. The van der Waals surface area contributed by atoms with E-state index in [-0.39, 0.29) is 11.3 Å². The lowest BCUT2D eigenvalue weighted by molar-refractivity contribution is -0.120. The second-order valence-corrected chi connectivity index (χ2v) is 5.95. The van der Waals surface area contributed by atoms with E-state index >= 15 is 0 Å². The molecule has 1 aromatic rings. The van der Waals surface area contributed by atoms with Crippen LogP contribution in [-0.4, -0.2) is 18.1 Å². The number of amides is 1. The second kappa shape index (κ2) is 6.71. The summed E-state index contributed by atoms with van der Waals surface area (Å²) in [4.78, 5) is 11.1. The minimum Gasteiger partial charge on any atom is -0.388 e. The second-order valence-electron chi connectivity index (χ2n) is 5.95. The summed E-state index contributed by atoms with van der Waals surface area (Å²) in [5, 5.41) is 12.7. The van der Waals surface area contributed by atoms with Gasteiger partial charge in [-0.2, -0.15) is 0 Å². The standard InChI is InChI=1S/C16H25NO2/c1-16(2,3)13-10-8-12(9-11-13)14(18)6-5-7-15(19)17-4/h8-11,14,18H,5-7H2,1-4H3,(H,17,19). The van der Waals surface area contributed by atoms with Crippen molar-refractivity contribution in [3.05, 3.63) is 35.4 Å². The molecule has 0 aliphatic heterocycles. The zero-order valence-electron chi connectivity index (χ0n) is 12.4. The molecule has 1 atom stereocenters. The molecule has 0 heterocycles. The molecule has 1 unspecified atom stereocenters. The Labute approximate surface area is 116 Å². The first kappa shape index (κ1) is 15.7. The van der Waals surface area contributed by atoms with Gasteiger partial charge in [-0.3, -0.25) is 4.79 Å². The monoisotopic (exact) mass is 263 g/mol. The first-order valence-corrected chi connectivity index (χ1v) is 6.83. The van der Waals surface area contributed by atoms with Gasteiger partial charge >= 0.3 is 0 Å². The van der Waals surface area contributed by atoms with Gasteiger partial charge in [-0.1, -0.05) is 45.0 Å². The van der Waals surface area contributed by atoms with Crippen LogP contribution >= 0.6 is 0 Å². The number of hydrogen-bond donors (Lipinski definition) is 2. The molecular formula is C16H25NO2. The SMILES string of the molecule is CNC(=O)CCCC(O)c1ccc(C(C)(C)C)cc1. The normalized spacial score (nSPS) is 13.1. The molecule has 1 amide bonds. The Hall–Kier alpha value is -1.35. The van der Waals surface area contributed by atoms with Gasteiger partial charge in [-0.15, -0.1) is 0 Å². The van der Waals surface area contributed by atoms with Gasteiger partial charge in [0.15, 0.2) is 0 Å². The molecule has 3 heteroatoms. The number of aliphatic hydroxyl groups is 1. The molecule has 0 saturated carbocycles. The summed E-state index contributed by atoms with van der Waals surface area (Å²) in [5.41, 5.74) is 2.31. The van der Waals surface area contributed by atoms with E-state index in [1.807, 2.05) is 12.1 Å². The molecule has 0 spiro atoms. The van der Waals surface area contributed by atoms with Crippen LogP contribution in [0.15, 0.2) is 24.3 Å². The van der Waals surface area contributed by atoms with Crippen molar-refractivity contribution in [1.29, 1.82) is 0 Å². The summed E-state index contributed by atoms with van der Waals surface area (Å²) in [6, 6.07) is 8.09. The van der Waals surface area contributed by atoms with Gasteiger partial charge in [0.2, 0.25) is 5.91 Å². The largest absolute Gasteiger partial charge is 0.388 e. The maximum atomic E-state index is 11.1. The van der Waals surface area contributed by atoms with Crippen LogP contribution in [0.3, 0.4) is 0 Å². The van der Waals surface area contributed by atoms with Gasteiger partial charge < -0.3 is 10.4 Å². The maximum Gasteiger partial charge on any atom is 0.219 e. The van der Waals surface area contributed by atoms with E-state index in [1.165, 1.54) is 5.56 Å². The zero-order valence-corrected chi connectivity index (χ0v) is 12.4. The third-order valence-electron chi connectivity index (χ3n) is 3.32. The van der Waals surface area contributed by atoms with Crippen LogP contribution in [0.25, 0.3) is 0 Å². The van der Waals surface area contributed by atoms with E-state index in [9.17, 15) is 9.90 Å². The summed E-state index contributed by atoms with van der Waals surface area (Å²) < 4.78 is 0. The Morgan fingerprint density at radius 2 is 1.84 bits per heavy atom. The highest BCUT2D eigenvalue weighted by Crippen LogP contribution is 2.25. The Morgan fingerprint density at radius 3 is 2.32 bits per heavy atom. The first-order chi connectivity index (χ1) is 8.84. The molecule has 2 N–H and O–H groups in total. The molecule has 0 fully saturated rings. The van der Waals surface area contributed by atoms with Crippen molar-refractivity contribution >= 4 is 5.91 Å². The molecule has 0 saturated heterocycles. The van der Waals surface area contributed by atoms with Crippen molar-refractivity contribution in [3.63, 3.8) is 0 Å². The van der Waals surface area contributed by atoms with E-state index in [4.69, 9.17) is 0 Å². The predicted molar refractivity (Wildman–Crippen MR) is 78.0 cm³/mol. The lowest BCUT2D eigenvalue weighted by Crippen LogP contribution is -2.17. The van der Waals surface area contributed by atoms with Gasteiger partial charge in [-0.25, -0.2) is 0 Å². The zero-order chi connectivity index (χ0) is 14.5. The first-order valence-electron chi connectivity index (χ1n) is 6.83. The Bertz CT molecular complexity index is 404. The lowest BCUT2D eigenvalue weighted by Gasteiger charge is -2.20. The van der Waals surface area contributed by atoms with Gasteiger partial charge in [0.05, 0.1) is 6.10 Å². The summed E-state index contributed by atoms with van der Waals surface area (Å²) in [7, 11) is 1.63. The van der Waals surface area contributed by atoms with Gasteiger partial charge in [0, 0.05) is 13.5 Å². The number of rotatable bonds is 5. The van der Waals surface area contributed by atoms with E-state index in [1.54, 1.807) is 7.05 Å². The van der Waals surface area contributed by atoms with Crippen LogP contribution in [0.4, 0.5) is 0 Å². The Morgan fingerprint density at radius 1 is 1.26 bits per heavy atom. The van der Waals surface area contributed by atoms with Crippen LogP contribution in [-0.2, 0) is 10.2 Å². The minimum atomic E-state index is -0.487. The number of hydrogen-bond acceptors (Lipinski definition) is 2. The summed E-state index contributed by atoms with van der Waals surface area (Å²) >= 11 is 0. The molecule has 1 aromatic carbocycles. The van der Waals surface area contributed by atoms with Crippen LogP contribution in [0.1, 0.15) is 57.3 Å². The number of benzene rings is 1. The highest BCUT2D eigenvalue weighted by atomic mass is 16.3. The molecular weight excluding hydrogens is 238 g/mol. The van der Waals surface area contributed by atoms with Crippen molar-refractivity contribution in [2.24, 2.45) is 0 Å². The van der Waals surface area contributed by atoms with Crippen molar-refractivity contribution in [2.75, 3.05) is 7.05 Å². The van der Waals surface area contributed by atoms with E-state index < -0.39 is 6.10 Å². The van der Waals surface area contributed by atoms with Crippen molar-refractivity contribution in [3.8, 4) is 0 Å². The topological polar surface area (TPSA) is 49.3 Å². The molecule has 19 heavy (non-hydrogen) atoms. The fourth-order valence-electron chi connectivity index (χ4n) is 1.95. The highest BCUT2D eigenvalue weighted by Gasteiger charge is 2.14. The third-order valence-corrected chi connectivity index (χ3v) is 3.32. The summed E-state index contributed by atoms with van der Waals surface area (Å²) in [6.45, 7) is 6.51. The van der Waals surface area contributed by atoms with Crippen LogP contribution in [0.5, 0.6) is 0 Å². The van der Waals surface area contributed by atoms with Gasteiger partial charge in [0.25, 0.3) is 0 Å². The van der Waals surface area contributed by atoms with Crippen molar-refractivity contribution in [2.45, 2.75) is 51.6 Å². The smallest absolute Gasteiger partial charge is 0.219 e. The fraction of sp³-hybridized carbons (Fsp3) is 0.562. The van der Waals surface area contributed by atoms with Crippen molar-refractivity contribution < 1.29 is 9.90 Å². The van der Waals surface area contributed by atoms with Crippen molar-refractivity contribution in [1.82, 2.24) is 5.32 Å². The van der Waals surface area contributed by atoms with Crippen LogP contribution in [0.2, 0.25) is 0 Å². The third kappa shape index (κ3) is 5.03. The molecule has 3 nitrogen and oxygen atoms in total. The molecule has 0 radical (unpaired) electrons. The van der Waals surface area contributed by atoms with Crippen LogP contribution < -0.4 is 5.32 Å². The summed E-state index contributed by atoms with van der Waals surface area (Å²) in [5.74, 6) is 0.0234. The van der Waals surface area contributed by atoms with Gasteiger partial charge in [0.1, 0.15) is 0 Å². The molecule has 0 aromatic heterocycles. The fourth-order valence-corrected chi connectivity index (χ4v) is 1.95. The Balaban J connectivity index is 2.53. The van der Waals surface area contributed by atoms with E-state index in [0.717, 1.165) is 5.56 Å². The summed E-state index contributed by atoms with van der Waals surface area (Å²) in [6.07, 6.45) is 1.29.